The molecule has 2 aromatic carbocycles. The zero-order valence-electron chi connectivity index (χ0n) is 15.8. The van der Waals surface area contributed by atoms with E-state index in [4.69, 9.17) is 0 Å². The molecule has 0 aliphatic heterocycles. The van der Waals surface area contributed by atoms with Gasteiger partial charge in [-0.25, -0.2) is 4.39 Å². The van der Waals surface area contributed by atoms with Crippen molar-refractivity contribution in [2.75, 3.05) is 11.1 Å². The van der Waals surface area contributed by atoms with Crippen LogP contribution >= 0.6 is 11.8 Å². The van der Waals surface area contributed by atoms with E-state index in [0.29, 0.717) is 5.16 Å². The first-order valence-electron chi connectivity index (χ1n) is 8.87. The fourth-order valence-corrected chi connectivity index (χ4v) is 4.13. The second kappa shape index (κ2) is 7.24. The number of benzene rings is 2. The van der Waals surface area contributed by atoms with Gasteiger partial charge in [0.1, 0.15) is 5.82 Å². The Labute approximate surface area is 166 Å². The van der Waals surface area contributed by atoms with E-state index >= 15 is 0 Å². The minimum absolute atomic E-state index is 0.107. The van der Waals surface area contributed by atoms with E-state index in [1.54, 1.807) is 12.1 Å². The van der Waals surface area contributed by atoms with E-state index in [2.05, 4.69) is 48.4 Å². The number of thioether (sulfide) groups is 1. The SMILES string of the molecule is Cc1cc(C)c2c(c1)c(C)cc1nnc(SCC(=O)Nc3ccccc3F)n12. The molecule has 0 saturated heterocycles. The van der Waals surface area contributed by atoms with Crippen molar-refractivity contribution in [2.24, 2.45) is 0 Å². The van der Waals surface area contributed by atoms with E-state index < -0.39 is 5.82 Å². The number of aryl methyl sites for hydroxylation is 3. The van der Waals surface area contributed by atoms with Crippen LogP contribution in [0.4, 0.5) is 10.1 Å². The van der Waals surface area contributed by atoms with Crippen molar-refractivity contribution in [1.82, 2.24) is 14.6 Å². The van der Waals surface area contributed by atoms with Crippen molar-refractivity contribution >= 4 is 39.9 Å². The van der Waals surface area contributed by atoms with Gasteiger partial charge in [-0.3, -0.25) is 9.20 Å². The Balaban J connectivity index is 1.65. The number of hydrogen-bond acceptors (Lipinski definition) is 4. The fourth-order valence-electron chi connectivity index (χ4n) is 3.39. The molecule has 142 valence electrons. The van der Waals surface area contributed by atoms with Crippen LogP contribution < -0.4 is 5.32 Å². The third kappa shape index (κ3) is 3.33. The maximum atomic E-state index is 13.7. The highest BCUT2D eigenvalue weighted by Crippen LogP contribution is 2.29. The van der Waals surface area contributed by atoms with Crippen molar-refractivity contribution < 1.29 is 9.18 Å². The van der Waals surface area contributed by atoms with Crippen LogP contribution in [0.25, 0.3) is 16.6 Å². The van der Waals surface area contributed by atoms with Gasteiger partial charge in [-0.15, -0.1) is 10.2 Å². The van der Waals surface area contributed by atoms with Gasteiger partial charge in [0.15, 0.2) is 10.8 Å². The number of rotatable bonds is 4. The van der Waals surface area contributed by atoms with Crippen LogP contribution in [-0.2, 0) is 4.79 Å². The van der Waals surface area contributed by atoms with Crippen LogP contribution in [0.1, 0.15) is 16.7 Å². The Morgan fingerprint density at radius 1 is 1.11 bits per heavy atom. The summed E-state index contributed by atoms with van der Waals surface area (Å²) < 4.78 is 15.7. The fraction of sp³-hybridized carbons (Fsp3) is 0.190. The second-order valence-corrected chi connectivity index (χ2v) is 7.74. The van der Waals surface area contributed by atoms with Gasteiger partial charge < -0.3 is 5.32 Å². The molecule has 4 aromatic rings. The summed E-state index contributed by atoms with van der Waals surface area (Å²) >= 11 is 1.28. The molecule has 0 aliphatic carbocycles. The molecule has 0 spiro atoms. The van der Waals surface area contributed by atoms with E-state index in [0.717, 1.165) is 27.7 Å². The predicted molar refractivity (Wildman–Crippen MR) is 110 cm³/mol. The van der Waals surface area contributed by atoms with Gasteiger partial charge in [-0.1, -0.05) is 35.5 Å². The number of nitrogens with zero attached hydrogens (tertiary/aromatic N) is 3. The van der Waals surface area contributed by atoms with Crippen LogP contribution in [0, 0.1) is 26.6 Å². The quantitative estimate of drug-likeness (QED) is 0.511. The number of hydrogen-bond donors (Lipinski definition) is 1. The molecule has 0 aliphatic rings. The van der Waals surface area contributed by atoms with Crippen LogP contribution in [0.15, 0.2) is 47.6 Å². The van der Waals surface area contributed by atoms with Gasteiger partial charge >= 0.3 is 0 Å². The highest BCUT2D eigenvalue weighted by Gasteiger charge is 2.15. The minimum atomic E-state index is -0.457. The average molecular weight is 394 g/mol. The molecule has 0 bridgehead atoms. The lowest BCUT2D eigenvalue weighted by Gasteiger charge is -2.11. The molecule has 28 heavy (non-hydrogen) atoms. The first kappa shape index (κ1) is 18.4. The molecule has 0 atom stereocenters. The van der Waals surface area contributed by atoms with Gasteiger partial charge in [-0.2, -0.15) is 0 Å². The van der Waals surface area contributed by atoms with Crippen molar-refractivity contribution in [3.8, 4) is 0 Å². The highest BCUT2D eigenvalue weighted by molar-refractivity contribution is 7.99. The van der Waals surface area contributed by atoms with E-state index in [9.17, 15) is 9.18 Å². The van der Waals surface area contributed by atoms with Crippen LogP contribution in [-0.4, -0.2) is 26.3 Å². The lowest BCUT2D eigenvalue weighted by atomic mass is 10.0. The van der Waals surface area contributed by atoms with E-state index in [1.165, 1.54) is 29.5 Å². The molecular weight excluding hydrogens is 375 g/mol. The second-order valence-electron chi connectivity index (χ2n) is 6.80. The summed E-state index contributed by atoms with van der Waals surface area (Å²) in [6, 6.07) is 12.4. The van der Waals surface area contributed by atoms with Crippen LogP contribution in [0.5, 0.6) is 0 Å². The maximum Gasteiger partial charge on any atom is 0.234 e. The number of anilines is 1. The molecule has 5 nitrogen and oxygen atoms in total. The van der Waals surface area contributed by atoms with Gasteiger partial charge in [0.2, 0.25) is 5.91 Å². The van der Waals surface area contributed by atoms with E-state index in [-0.39, 0.29) is 17.3 Å². The largest absolute Gasteiger partial charge is 0.323 e. The summed E-state index contributed by atoms with van der Waals surface area (Å²) in [6.07, 6.45) is 0. The summed E-state index contributed by atoms with van der Waals surface area (Å²) in [6.45, 7) is 6.20. The monoisotopic (exact) mass is 394 g/mol. The van der Waals surface area contributed by atoms with Gasteiger partial charge in [0.25, 0.3) is 0 Å². The molecular formula is C21H19FN4OS. The van der Waals surface area contributed by atoms with Crippen molar-refractivity contribution in [3.05, 3.63) is 65.0 Å². The molecule has 2 aromatic heterocycles. The third-order valence-corrected chi connectivity index (χ3v) is 5.51. The molecule has 1 N–H and O–H groups in total. The Morgan fingerprint density at radius 3 is 2.68 bits per heavy atom. The van der Waals surface area contributed by atoms with Gasteiger partial charge in [0, 0.05) is 5.39 Å². The molecule has 0 fully saturated rings. The Kier molecular flexibility index (Phi) is 4.77. The summed E-state index contributed by atoms with van der Waals surface area (Å²) in [5, 5.41) is 12.9. The summed E-state index contributed by atoms with van der Waals surface area (Å²) in [5.74, 6) is -0.646. The molecule has 0 radical (unpaired) electrons. The molecule has 0 unspecified atom stereocenters. The average Bonchev–Trinajstić information content (AvgIpc) is 3.04. The standard InChI is InChI=1S/C21H19FN4OS/c1-12-8-14(3)20-15(9-12)13(2)10-18-24-25-21(26(18)20)28-11-19(27)23-17-7-5-4-6-16(17)22/h4-10H,11H2,1-3H3,(H,23,27). The van der Waals surface area contributed by atoms with Crippen LogP contribution in [0.3, 0.4) is 0 Å². The zero-order chi connectivity index (χ0) is 19.8. The van der Waals surface area contributed by atoms with Crippen LogP contribution in [0.2, 0.25) is 0 Å². The number of aromatic nitrogens is 3. The molecule has 1 amide bonds. The number of carbonyl (C=O) groups excluding carboxylic acids is 1. The maximum absolute atomic E-state index is 13.7. The smallest absolute Gasteiger partial charge is 0.234 e. The topological polar surface area (TPSA) is 59.3 Å². The number of halogens is 1. The normalized spacial score (nSPS) is 11.3. The summed E-state index contributed by atoms with van der Waals surface area (Å²) in [5.41, 5.74) is 5.42. The Hall–Kier alpha value is -2.93. The molecule has 4 rings (SSSR count). The van der Waals surface area contributed by atoms with Gasteiger partial charge in [-0.05, 0) is 56.2 Å². The van der Waals surface area contributed by atoms with Crippen molar-refractivity contribution in [1.29, 1.82) is 0 Å². The van der Waals surface area contributed by atoms with Crippen molar-refractivity contribution in [2.45, 2.75) is 25.9 Å². The molecule has 7 heteroatoms. The summed E-state index contributed by atoms with van der Waals surface area (Å²) in [4.78, 5) is 12.3. The molecule has 2 heterocycles. The van der Waals surface area contributed by atoms with Gasteiger partial charge in [0.05, 0.1) is 17.0 Å². The number of pyridine rings is 1. The Morgan fingerprint density at radius 2 is 1.89 bits per heavy atom. The molecule has 0 saturated carbocycles. The number of para-hydroxylation sites is 1. The third-order valence-electron chi connectivity index (χ3n) is 4.58. The lowest BCUT2D eigenvalue weighted by molar-refractivity contribution is -0.113. The number of amides is 1. The number of carbonyl (C=O) groups is 1. The predicted octanol–water partition coefficient (Wildman–Crippen LogP) is 4.68. The van der Waals surface area contributed by atoms with Crippen molar-refractivity contribution in [3.63, 3.8) is 0 Å². The number of fused-ring (bicyclic) bond motifs is 3. The zero-order valence-corrected chi connectivity index (χ0v) is 16.6. The lowest BCUT2D eigenvalue weighted by Crippen LogP contribution is -2.15. The number of nitrogens with one attached hydrogen (secondary N) is 1. The highest BCUT2D eigenvalue weighted by atomic mass is 32.2. The Bertz CT molecular complexity index is 1220. The first-order valence-corrected chi connectivity index (χ1v) is 9.85. The summed E-state index contributed by atoms with van der Waals surface area (Å²) in [7, 11) is 0. The van der Waals surface area contributed by atoms with E-state index in [1.807, 2.05) is 10.5 Å². The first-order chi connectivity index (χ1) is 13.4. The minimum Gasteiger partial charge on any atom is -0.323 e.